The first-order valence-electron chi connectivity index (χ1n) is 12.4. The lowest BCUT2D eigenvalue weighted by Crippen LogP contribution is -2.49. The molecule has 1 spiro atoms. The number of carbonyl (C=O) groups is 2. The topological polar surface area (TPSA) is 70.5 Å². The number of nitrogens with one attached hydrogen (secondary N) is 1. The van der Waals surface area contributed by atoms with Gasteiger partial charge in [-0.2, -0.15) is 9.78 Å². The molecular weight excluding hydrogens is 414 g/mol. The van der Waals surface area contributed by atoms with Gasteiger partial charge in [0.25, 0.3) is 0 Å². The smallest absolute Gasteiger partial charge is 0.344 e. The number of amides is 1. The lowest BCUT2D eigenvalue weighted by molar-refractivity contribution is 0.100. The largest absolute Gasteiger partial charge is 0.371 e. The van der Waals surface area contributed by atoms with Crippen molar-refractivity contribution in [2.24, 2.45) is 5.41 Å². The van der Waals surface area contributed by atoms with E-state index in [0.717, 1.165) is 52.0 Å². The number of likely N-dealkylation sites (tertiary alicyclic amines) is 1. The molecule has 0 radical (unpaired) electrons. The SMILES string of the molecule is CC(=O)c1ccn(C(=O)N2CCC3(CCNC3Cc3ccc(C)cc3N3CCCC3)CC2)n1. The third-order valence-electron chi connectivity index (χ3n) is 8.04. The van der Waals surface area contributed by atoms with Gasteiger partial charge in [-0.15, -0.1) is 0 Å². The molecule has 4 heterocycles. The molecule has 1 aromatic heterocycles. The van der Waals surface area contributed by atoms with Crippen molar-refractivity contribution in [2.45, 2.75) is 58.4 Å². The number of ketones is 1. The number of rotatable bonds is 4. The maximum Gasteiger partial charge on any atom is 0.344 e. The number of hydrogen-bond acceptors (Lipinski definition) is 5. The summed E-state index contributed by atoms with van der Waals surface area (Å²) in [6.45, 7) is 8.50. The van der Waals surface area contributed by atoms with Crippen LogP contribution < -0.4 is 10.2 Å². The minimum Gasteiger partial charge on any atom is -0.371 e. The van der Waals surface area contributed by atoms with Gasteiger partial charge in [-0.3, -0.25) is 4.79 Å². The van der Waals surface area contributed by atoms with Crippen molar-refractivity contribution in [3.63, 3.8) is 0 Å². The van der Waals surface area contributed by atoms with Crippen LogP contribution in [0.15, 0.2) is 30.5 Å². The van der Waals surface area contributed by atoms with E-state index < -0.39 is 0 Å². The Hall–Kier alpha value is -2.67. The minimum atomic E-state index is -0.130. The summed E-state index contributed by atoms with van der Waals surface area (Å²) in [6, 6.07) is 8.87. The van der Waals surface area contributed by atoms with Crippen LogP contribution in [0.5, 0.6) is 0 Å². The Kier molecular flexibility index (Phi) is 5.99. The molecule has 33 heavy (non-hydrogen) atoms. The van der Waals surface area contributed by atoms with Crippen LogP contribution in [0.1, 0.15) is 60.6 Å². The van der Waals surface area contributed by atoms with Crippen LogP contribution in [0.3, 0.4) is 0 Å². The summed E-state index contributed by atoms with van der Waals surface area (Å²) in [6.07, 6.45) is 8.38. The van der Waals surface area contributed by atoms with Crippen molar-refractivity contribution in [1.29, 1.82) is 0 Å². The molecule has 3 saturated heterocycles. The molecule has 5 rings (SSSR count). The number of aryl methyl sites for hydroxylation is 1. The Morgan fingerprint density at radius 2 is 1.85 bits per heavy atom. The van der Waals surface area contributed by atoms with Gasteiger partial charge in [0.15, 0.2) is 5.78 Å². The summed E-state index contributed by atoms with van der Waals surface area (Å²) in [5.74, 6) is -0.122. The maximum absolute atomic E-state index is 12.9. The quantitative estimate of drug-likeness (QED) is 0.722. The van der Waals surface area contributed by atoms with E-state index in [4.69, 9.17) is 0 Å². The molecule has 0 aliphatic carbocycles. The Morgan fingerprint density at radius 3 is 2.55 bits per heavy atom. The average Bonchev–Trinajstić information content (AvgIpc) is 3.57. The van der Waals surface area contributed by atoms with Crippen LogP contribution >= 0.6 is 0 Å². The zero-order valence-corrected chi connectivity index (χ0v) is 19.8. The third-order valence-corrected chi connectivity index (χ3v) is 8.04. The maximum atomic E-state index is 12.9. The van der Waals surface area contributed by atoms with Crippen LogP contribution in [-0.4, -0.2) is 65.3 Å². The molecule has 7 nitrogen and oxygen atoms in total. The zero-order valence-electron chi connectivity index (χ0n) is 19.8. The molecule has 1 aromatic carbocycles. The fraction of sp³-hybridized carbons (Fsp3) is 0.577. The van der Waals surface area contributed by atoms with Crippen LogP contribution in [0.4, 0.5) is 10.5 Å². The number of hydrogen-bond donors (Lipinski definition) is 1. The molecular formula is C26H35N5O2. The summed E-state index contributed by atoms with van der Waals surface area (Å²) < 4.78 is 1.31. The van der Waals surface area contributed by atoms with Gasteiger partial charge in [0, 0.05) is 51.0 Å². The molecule has 7 heteroatoms. The van der Waals surface area contributed by atoms with E-state index in [2.05, 4.69) is 40.4 Å². The molecule has 3 aliphatic heterocycles. The average molecular weight is 450 g/mol. The minimum absolute atomic E-state index is 0.122. The molecule has 0 bridgehead atoms. The summed E-state index contributed by atoms with van der Waals surface area (Å²) in [4.78, 5) is 28.9. The molecule has 0 saturated carbocycles. The highest BCUT2D eigenvalue weighted by atomic mass is 16.2. The molecule has 1 amide bonds. The standard InChI is InChI=1S/C26H35N5O2/c1-19-5-6-21(23(17-19)29-12-3-4-13-29)18-24-26(8-11-27-24)9-15-30(16-10-26)25(33)31-14-7-22(28-31)20(2)32/h5-7,14,17,24,27H,3-4,8-13,15-16,18H2,1-2H3. The molecule has 2 aromatic rings. The van der Waals surface area contributed by atoms with Crippen LogP contribution in [0, 0.1) is 12.3 Å². The molecule has 3 aliphatic rings. The Bertz CT molecular complexity index is 1030. The van der Waals surface area contributed by atoms with Crippen LogP contribution in [-0.2, 0) is 6.42 Å². The number of Topliss-reactive ketones (excluding diaryl/α,β-unsaturated/α-hetero) is 1. The number of piperidine rings is 1. The highest BCUT2D eigenvalue weighted by Gasteiger charge is 2.45. The molecule has 1 N–H and O–H groups in total. The van der Waals surface area contributed by atoms with Gasteiger partial charge in [-0.1, -0.05) is 12.1 Å². The molecule has 3 fully saturated rings. The van der Waals surface area contributed by atoms with E-state index in [-0.39, 0.29) is 17.2 Å². The third kappa shape index (κ3) is 4.31. The first-order chi connectivity index (χ1) is 15.9. The Labute approximate surface area is 196 Å². The number of aromatic nitrogens is 2. The predicted molar refractivity (Wildman–Crippen MR) is 129 cm³/mol. The highest BCUT2D eigenvalue weighted by Crippen LogP contribution is 2.43. The first-order valence-corrected chi connectivity index (χ1v) is 12.4. The molecule has 1 atom stereocenters. The molecule has 176 valence electrons. The van der Waals surface area contributed by atoms with E-state index in [0.29, 0.717) is 11.7 Å². The summed E-state index contributed by atoms with van der Waals surface area (Å²) in [7, 11) is 0. The van der Waals surface area contributed by atoms with Gasteiger partial charge in [-0.25, -0.2) is 4.79 Å². The summed E-state index contributed by atoms with van der Waals surface area (Å²) in [5.41, 5.74) is 4.77. The number of carbonyl (C=O) groups excluding carboxylic acids is 2. The van der Waals surface area contributed by atoms with Crippen molar-refractivity contribution in [2.75, 3.05) is 37.6 Å². The van der Waals surface area contributed by atoms with Crippen LogP contribution in [0.2, 0.25) is 0 Å². The van der Waals surface area contributed by atoms with E-state index >= 15 is 0 Å². The van der Waals surface area contributed by atoms with Crippen molar-refractivity contribution in [1.82, 2.24) is 20.0 Å². The highest BCUT2D eigenvalue weighted by molar-refractivity contribution is 5.92. The van der Waals surface area contributed by atoms with Crippen molar-refractivity contribution in [3.8, 4) is 0 Å². The van der Waals surface area contributed by atoms with Gasteiger partial charge in [0.05, 0.1) is 0 Å². The van der Waals surface area contributed by atoms with E-state index in [1.165, 1.54) is 47.7 Å². The fourth-order valence-electron chi connectivity index (χ4n) is 6.00. The number of anilines is 1. The fourth-order valence-corrected chi connectivity index (χ4v) is 6.00. The normalized spacial score (nSPS) is 22.3. The molecule has 1 unspecified atom stereocenters. The van der Waals surface area contributed by atoms with E-state index in [1.807, 2.05) is 4.90 Å². The second-order valence-corrected chi connectivity index (χ2v) is 10.1. The van der Waals surface area contributed by atoms with E-state index in [1.54, 1.807) is 12.3 Å². The van der Waals surface area contributed by atoms with Crippen molar-refractivity contribution in [3.05, 3.63) is 47.3 Å². The van der Waals surface area contributed by atoms with Gasteiger partial charge in [0.2, 0.25) is 0 Å². The lowest BCUT2D eigenvalue weighted by atomic mass is 9.71. The van der Waals surface area contributed by atoms with E-state index in [9.17, 15) is 9.59 Å². The van der Waals surface area contributed by atoms with Gasteiger partial charge < -0.3 is 15.1 Å². The van der Waals surface area contributed by atoms with Crippen molar-refractivity contribution >= 4 is 17.5 Å². The summed E-state index contributed by atoms with van der Waals surface area (Å²) in [5, 5.41) is 7.97. The van der Waals surface area contributed by atoms with Crippen molar-refractivity contribution < 1.29 is 9.59 Å². The van der Waals surface area contributed by atoms with Crippen LogP contribution in [0.25, 0.3) is 0 Å². The predicted octanol–water partition coefficient (Wildman–Crippen LogP) is 3.65. The zero-order chi connectivity index (χ0) is 23.0. The Balaban J connectivity index is 1.28. The first kappa shape index (κ1) is 22.1. The van der Waals surface area contributed by atoms with Gasteiger partial charge in [0.1, 0.15) is 5.69 Å². The second kappa shape index (κ2) is 8.93. The van der Waals surface area contributed by atoms with Gasteiger partial charge >= 0.3 is 6.03 Å². The second-order valence-electron chi connectivity index (χ2n) is 10.1. The van der Waals surface area contributed by atoms with Gasteiger partial charge in [-0.05, 0) is 80.7 Å². The number of benzene rings is 1. The lowest BCUT2D eigenvalue weighted by Gasteiger charge is -2.43. The Morgan fingerprint density at radius 1 is 1.09 bits per heavy atom. The number of nitrogens with zero attached hydrogens (tertiary/aromatic N) is 4. The summed E-state index contributed by atoms with van der Waals surface area (Å²) >= 11 is 0. The monoisotopic (exact) mass is 449 g/mol.